The van der Waals surface area contributed by atoms with E-state index in [0.29, 0.717) is 12.8 Å². The molecular weight excluding hydrogens is 228 g/mol. The van der Waals surface area contributed by atoms with Gasteiger partial charge in [-0.05, 0) is 6.42 Å². The van der Waals surface area contributed by atoms with Crippen LogP contribution < -0.4 is 0 Å². The summed E-state index contributed by atoms with van der Waals surface area (Å²) in [6, 6.07) is 0. The Labute approximate surface area is 97.2 Å². The summed E-state index contributed by atoms with van der Waals surface area (Å²) in [5.74, 6) is -1.51. The van der Waals surface area contributed by atoms with Crippen LogP contribution in [0.1, 0.15) is 29.4 Å². The summed E-state index contributed by atoms with van der Waals surface area (Å²) in [4.78, 5) is 25.3. The van der Waals surface area contributed by atoms with Gasteiger partial charge in [-0.25, -0.2) is 4.79 Å². The number of carbonyl (C=O) groups excluding carboxylic acids is 1. The molecule has 1 heterocycles. The second kappa shape index (κ2) is 5.24. The Balaban J connectivity index is 3.49. The fourth-order valence-electron chi connectivity index (χ4n) is 1.46. The highest BCUT2D eigenvalue weighted by atomic mass is 16.6. The van der Waals surface area contributed by atoms with Crippen LogP contribution in [0.5, 0.6) is 5.75 Å². The lowest BCUT2D eigenvalue weighted by atomic mass is 10.1. The molecule has 17 heavy (non-hydrogen) atoms. The van der Waals surface area contributed by atoms with Crippen LogP contribution in [0.4, 0.5) is 5.69 Å². The third kappa shape index (κ3) is 2.49. The fraction of sp³-hybridized carbons (Fsp3) is 0.400. The number of aromatic hydroxyl groups is 1. The maximum Gasteiger partial charge on any atom is 0.346 e. The predicted octanol–water partition coefficient (Wildman–Crippen LogP) is 1.43. The molecule has 1 aromatic heterocycles. The van der Waals surface area contributed by atoms with Crippen molar-refractivity contribution in [1.82, 2.24) is 4.98 Å². The van der Waals surface area contributed by atoms with E-state index in [4.69, 9.17) is 0 Å². The molecule has 0 amide bonds. The summed E-state index contributed by atoms with van der Waals surface area (Å²) in [5.41, 5.74) is -0.682. The van der Waals surface area contributed by atoms with Gasteiger partial charge in [0.15, 0.2) is 5.56 Å². The zero-order valence-electron chi connectivity index (χ0n) is 9.47. The number of carbonyl (C=O) groups is 1. The summed E-state index contributed by atoms with van der Waals surface area (Å²) in [7, 11) is 1.12. The molecule has 0 atom stereocenters. The standard InChI is InChI=1S/C10H12N2O5/c1-3-4-6-8(10(14)17-2)9(12(15)16)7(13)5-11-6/h5,13H,3-4H2,1-2H3. The van der Waals surface area contributed by atoms with Gasteiger partial charge in [0.25, 0.3) is 0 Å². The van der Waals surface area contributed by atoms with E-state index >= 15 is 0 Å². The van der Waals surface area contributed by atoms with Crippen molar-refractivity contribution in [3.63, 3.8) is 0 Å². The number of aryl methyl sites for hydroxylation is 1. The lowest BCUT2D eigenvalue weighted by Gasteiger charge is -2.07. The molecule has 0 bridgehead atoms. The topological polar surface area (TPSA) is 103 Å². The first-order chi connectivity index (χ1) is 8.02. The number of ether oxygens (including phenoxy) is 1. The highest BCUT2D eigenvalue weighted by Crippen LogP contribution is 2.31. The number of pyridine rings is 1. The van der Waals surface area contributed by atoms with Crippen molar-refractivity contribution in [2.75, 3.05) is 7.11 Å². The first-order valence-corrected chi connectivity index (χ1v) is 4.96. The van der Waals surface area contributed by atoms with Crippen molar-refractivity contribution in [1.29, 1.82) is 0 Å². The van der Waals surface area contributed by atoms with Crippen molar-refractivity contribution in [2.24, 2.45) is 0 Å². The Morgan fingerprint density at radius 3 is 2.76 bits per heavy atom. The molecule has 92 valence electrons. The van der Waals surface area contributed by atoms with E-state index in [1.807, 2.05) is 6.92 Å². The second-order valence-electron chi connectivity index (χ2n) is 3.31. The van der Waals surface area contributed by atoms with E-state index in [2.05, 4.69) is 9.72 Å². The third-order valence-corrected chi connectivity index (χ3v) is 2.17. The van der Waals surface area contributed by atoms with Gasteiger partial charge in [-0.2, -0.15) is 0 Å². The van der Waals surface area contributed by atoms with Gasteiger partial charge in [-0.15, -0.1) is 0 Å². The van der Waals surface area contributed by atoms with Gasteiger partial charge in [0.1, 0.15) is 0 Å². The highest BCUT2D eigenvalue weighted by Gasteiger charge is 2.29. The molecule has 0 aromatic carbocycles. The summed E-state index contributed by atoms with van der Waals surface area (Å²) in [6.07, 6.45) is 2.03. The average molecular weight is 240 g/mol. The number of nitro groups is 1. The Morgan fingerprint density at radius 1 is 1.65 bits per heavy atom. The number of aromatic nitrogens is 1. The molecule has 0 fully saturated rings. The Morgan fingerprint density at radius 2 is 2.29 bits per heavy atom. The minimum absolute atomic E-state index is 0.254. The molecule has 1 aromatic rings. The zero-order chi connectivity index (χ0) is 13.0. The van der Waals surface area contributed by atoms with Crippen LogP contribution in [-0.2, 0) is 11.2 Å². The monoisotopic (exact) mass is 240 g/mol. The zero-order valence-corrected chi connectivity index (χ0v) is 9.47. The molecule has 0 aliphatic heterocycles. The van der Waals surface area contributed by atoms with Crippen molar-refractivity contribution in [2.45, 2.75) is 19.8 Å². The minimum atomic E-state index is -0.872. The second-order valence-corrected chi connectivity index (χ2v) is 3.31. The minimum Gasteiger partial charge on any atom is -0.501 e. The number of nitrogens with zero attached hydrogens (tertiary/aromatic N) is 2. The SMILES string of the molecule is CCCc1ncc(O)c([N+](=O)[O-])c1C(=O)OC. The normalized spacial score (nSPS) is 10.0. The molecule has 1 N–H and O–H groups in total. The van der Waals surface area contributed by atoms with Crippen molar-refractivity contribution in [3.8, 4) is 5.75 Å². The summed E-state index contributed by atoms with van der Waals surface area (Å²) in [5, 5.41) is 20.2. The molecule has 0 spiro atoms. The number of hydrogen-bond donors (Lipinski definition) is 1. The third-order valence-electron chi connectivity index (χ3n) is 2.17. The number of rotatable bonds is 4. The van der Waals surface area contributed by atoms with Crippen molar-refractivity contribution in [3.05, 3.63) is 27.6 Å². The first kappa shape index (κ1) is 12.9. The van der Waals surface area contributed by atoms with E-state index in [9.17, 15) is 20.0 Å². The summed E-state index contributed by atoms with van der Waals surface area (Å²) in [6.45, 7) is 1.85. The highest BCUT2D eigenvalue weighted by molar-refractivity contribution is 5.96. The largest absolute Gasteiger partial charge is 0.501 e. The molecule has 0 unspecified atom stereocenters. The van der Waals surface area contributed by atoms with Crippen LogP contribution >= 0.6 is 0 Å². The van der Waals surface area contributed by atoms with Crippen LogP contribution in [0.3, 0.4) is 0 Å². The Kier molecular flexibility index (Phi) is 3.97. The van der Waals surface area contributed by atoms with Gasteiger partial charge < -0.3 is 9.84 Å². The van der Waals surface area contributed by atoms with Crippen molar-refractivity contribution < 1.29 is 19.6 Å². The quantitative estimate of drug-likeness (QED) is 0.485. The van der Waals surface area contributed by atoms with Gasteiger partial charge in [0, 0.05) is 0 Å². The number of methoxy groups -OCH3 is 1. The summed E-state index contributed by atoms with van der Waals surface area (Å²) >= 11 is 0. The molecule has 0 radical (unpaired) electrons. The van der Waals surface area contributed by atoms with Gasteiger partial charge in [-0.1, -0.05) is 13.3 Å². The van der Waals surface area contributed by atoms with E-state index in [-0.39, 0.29) is 11.3 Å². The fourth-order valence-corrected chi connectivity index (χ4v) is 1.46. The van der Waals surface area contributed by atoms with Gasteiger partial charge in [0.05, 0.1) is 23.9 Å². The molecule has 0 saturated carbocycles. The molecule has 7 heteroatoms. The van der Waals surface area contributed by atoms with Gasteiger partial charge in [0.2, 0.25) is 5.75 Å². The molecule has 0 saturated heterocycles. The molecule has 7 nitrogen and oxygen atoms in total. The maximum absolute atomic E-state index is 11.5. The Hall–Kier alpha value is -2.18. The van der Waals surface area contributed by atoms with E-state index in [1.54, 1.807) is 0 Å². The van der Waals surface area contributed by atoms with Crippen LogP contribution in [0, 0.1) is 10.1 Å². The van der Waals surface area contributed by atoms with E-state index in [1.165, 1.54) is 0 Å². The van der Waals surface area contributed by atoms with Crippen molar-refractivity contribution >= 4 is 11.7 Å². The average Bonchev–Trinajstić information content (AvgIpc) is 2.29. The smallest absolute Gasteiger partial charge is 0.346 e. The van der Waals surface area contributed by atoms with Crippen LogP contribution in [0.2, 0.25) is 0 Å². The van der Waals surface area contributed by atoms with Gasteiger partial charge >= 0.3 is 11.7 Å². The lowest BCUT2D eigenvalue weighted by Crippen LogP contribution is -2.11. The number of hydrogen-bond acceptors (Lipinski definition) is 6. The molecular formula is C10H12N2O5. The van der Waals surface area contributed by atoms with E-state index < -0.39 is 22.3 Å². The Bertz CT molecular complexity index is 458. The van der Waals surface area contributed by atoms with Crippen LogP contribution in [-0.4, -0.2) is 28.1 Å². The molecule has 1 rings (SSSR count). The first-order valence-electron chi connectivity index (χ1n) is 4.96. The number of esters is 1. The van der Waals surface area contributed by atoms with E-state index in [0.717, 1.165) is 13.3 Å². The summed E-state index contributed by atoms with van der Waals surface area (Å²) < 4.78 is 4.47. The van der Waals surface area contributed by atoms with Crippen LogP contribution in [0.25, 0.3) is 0 Å². The van der Waals surface area contributed by atoms with Crippen LogP contribution in [0.15, 0.2) is 6.20 Å². The molecule has 0 aliphatic carbocycles. The molecule has 0 aliphatic rings. The lowest BCUT2D eigenvalue weighted by molar-refractivity contribution is -0.386. The van der Waals surface area contributed by atoms with Gasteiger partial charge in [-0.3, -0.25) is 15.1 Å². The predicted molar refractivity (Wildman–Crippen MR) is 57.9 cm³/mol. The maximum atomic E-state index is 11.5.